The van der Waals surface area contributed by atoms with Crippen molar-refractivity contribution >= 4 is 16.6 Å². The van der Waals surface area contributed by atoms with Gasteiger partial charge < -0.3 is 13.3 Å². The molecule has 0 N–H and O–H groups in total. The van der Waals surface area contributed by atoms with Crippen LogP contribution in [0.1, 0.15) is 38.8 Å². The summed E-state index contributed by atoms with van der Waals surface area (Å²) in [4.78, 5) is 0. The van der Waals surface area contributed by atoms with Gasteiger partial charge in [0.2, 0.25) is 0 Å². The maximum atomic E-state index is 6.16. The Kier molecular flexibility index (Phi) is 7.79. The molecule has 0 heterocycles. The van der Waals surface area contributed by atoms with E-state index >= 15 is 0 Å². The molecule has 2 rings (SSSR count). The molecule has 0 saturated carbocycles. The van der Waals surface area contributed by atoms with E-state index in [1.807, 2.05) is 20.8 Å². The molecule has 0 bridgehead atoms. The number of hydrogen-bond donors (Lipinski definition) is 0. The minimum atomic E-state index is -2.77. The van der Waals surface area contributed by atoms with Crippen molar-refractivity contribution in [1.29, 1.82) is 0 Å². The van der Waals surface area contributed by atoms with E-state index in [1.165, 1.54) is 11.1 Å². The van der Waals surface area contributed by atoms with Gasteiger partial charge >= 0.3 is 8.47 Å². The minimum absolute atomic E-state index is 0.214. The van der Waals surface area contributed by atoms with Gasteiger partial charge in [0, 0.05) is 25.0 Å². The smallest absolute Gasteiger partial charge is 0.371 e. The maximum Gasteiger partial charge on any atom is 0.524 e. The highest BCUT2D eigenvalue weighted by molar-refractivity contribution is 7.78. The van der Waals surface area contributed by atoms with Gasteiger partial charge in [0.15, 0.2) is 0 Å². The monoisotopic (exact) mass is 376 g/mol. The summed E-state index contributed by atoms with van der Waals surface area (Å²) in [5.74, 6) is 0. The van der Waals surface area contributed by atoms with E-state index < -0.39 is 8.47 Å². The van der Waals surface area contributed by atoms with E-state index in [4.69, 9.17) is 13.3 Å². The van der Waals surface area contributed by atoms with E-state index in [9.17, 15) is 0 Å². The Morgan fingerprint density at radius 3 is 1.40 bits per heavy atom. The lowest BCUT2D eigenvalue weighted by atomic mass is 9.92. The third-order valence-electron chi connectivity index (χ3n) is 4.11. The molecule has 136 valence electrons. The molecule has 0 amide bonds. The first-order valence-electron chi connectivity index (χ1n) is 8.92. The molecule has 1 unspecified atom stereocenters. The Bertz CT molecular complexity index is 565. The molecule has 0 saturated heterocycles. The van der Waals surface area contributed by atoms with Crippen molar-refractivity contribution in [3.63, 3.8) is 0 Å². The minimum Gasteiger partial charge on any atom is -0.371 e. The zero-order chi connectivity index (χ0) is 18.2. The molecule has 0 aliphatic heterocycles. The van der Waals surface area contributed by atoms with Crippen LogP contribution < -0.4 is 0 Å². The Morgan fingerprint density at radius 2 is 1.08 bits per heavy atom. The normalized spacial score (nSPS) is 12.8. The zero-order valence-electron chi connectivity index (χ0n) is 15.6. The summed E-state index contributed by atoms with van der Waals surface area (Å²) >= 11 is 0. The SMILES string of the molecule is CCO[Si](OCC)(OCC)PC(C)(c1ccccc1)c1ccccc1. The number of benzene rings is 2. The van der Waals surface area contributed by atoms with E-state index in [0.29, 0.717) is 27.9 Å². The van der Waals surface area contributed by atoms with Crippen LogP contribution in [0.3, 0.4) is 0 Å². The van der Waals surface area contributed by atoms with Crippen LogP contribution in [0.4, 0.5) is 0 Å². The molecule has 1 atom stereocenters. The molecule has 0 aliphatic rings. The summed E-state index contributed by atoms with van der Waals surface area (Å²) < 4.78 is 18.5. The second-order valence-electron chi connectivity index (χ2n) is 5.84. The lowest BCUT2D eigenvalue weighted by Gasteiger charge is -2.38. The summed E-state index contributed by atoms with van der Waals surface area (Å²) in [6, 6.07) is 21.2. The lowest BCUT2D eigenvalue weighted by molar-refractivity contribution is 0.0950. The average molecular weight is 377 g/mol. The molecule has 0 fully saturated rings. The Labute approximate surface area is 154 Å². The first-order valence-corrected chi connectivity index (χ1v) is 12.6. The van der Waals surface area contributed by atoms with Crippen LogP contribution in [0.5, 0.6) is 0 Å². The van der Waals surface area contributed by atoms with Crippen molar-refractivity contribution in [2.24, 2.45) is 0 Å². The second-order valence-corrected chi connectivity index (χ2v) is 11.7. The van der Waals surface area contributed by atoms with Gasteiger partial charge in [0.1, 0.15) is 0 Å². The van der Waals surface area contributed by atoms with Gasteiger partial charge in [-0.1, -0.05) is 60.7 Å². The summed E-state index contributed by atoms with van der Waals surface area (Å²) in [7, 11) is -2.38. The van der Waals surface area contributed by atoms with E-state index in [1.54, 1.807) is 0 Å². The Morgan fingerprint density at radius 1 is 0.720 bits per heavy atom. The van der Waals surface area contributed by atoms with Crippen molar-refractivity contribution in [2.45, 2.75) is 32.9 Å². The second kappa shape index (κ2) is 9.61. The first kappa shape index (κ1) is 20.3. The van der Waals surface area contributed by atoms with Crippen molar-refractivity contribution in [3.05, 3.63) is 71.8 Å². The highest BCUT2D eigenvalue weighted by Gasteiger charge is 2.48. The van der Waals surface area contributed by atoms with E-state index in [-0.39, 0.29) is 5.16 Å². The molecule has 25 heavy (non-hydrogen) atoms. The van der Waals surface area contributed by atoms with Crippen LogP contribution in [-0.2, 0) is 18.4 Å². The van der Waals surface area contributed by atoms with Gasteiger partial charge in [-0.05, 0) is 47.0 Å². The molecule has 0 radical (unpaired) electrons. The molecule has 0 aliphatic carbocycles. The van der Waals surface area contributed by atoms with Gasteiger partial charge in [-0.3, -0.25) is 0 Å². The molecular weight excluding hydrogens is 347 g/mol. The van der Waals surface area contributed by atoms with Crippen molar-refractivity contribution in [3.8, 4) is 0 Å². The topological polar surface area (TPSA) is 27.7 Å². The zero-order valence-corrected chi connectivity index (χ0v) is 17.6. The van der Waals surface area contributed by atoms with Crippen LogP contribution in [0.2, 0.25) is 0 Å². The molecule has 2 aromatic carbocycles. The first-order chi connectivity index (χ1) is 12.1. The molecule has 3 nitrogen and oxygen atoms in total. The standard InChI is InChI=1S/C20H29O3PSi/c1-5-21-25(22-6-2,23-7-3)24-20(4,18-14-10-8-11-15-18)19-16-12-9-13-17-19/h8-17,24H,5-7H2,1-4H3. The fraction of sp³-hybridized carbons (Fsp3) is 0.400. The molecule has 0 spiro atoms. The van der Waals surface area contributed by atoms with Crippen LogP contribution in [0.25, 0.3) is 0 Å². The molecule has 5 heteroatoms. The predicted octanol–water partition coefficient (Wildman–Crippen LogP) is 5.17. The number of hydrogen-bond acceptors (Lipinski definition) is 3. The quantitative estimate of drug-likeness (QED) is 0.423. The Balaban J connectivity index is 2.51. The third-order valence-corrected chi connectivity index (χ3v) is 11.2. The lowest BCUT2D eigenvalue weighted by Crippen LogP contribution is -2.45. The van der Waals surface area contributed by atoms with Crippen LogP contribution >= 0.6 is 8.13 Å². The Hall–Kier alpha value is -1.03. The van der Waals surface area contributed by atoms with Crippen LogP contribution in [0, 0.1) is 0 Å². The predicted molar refractivity (Wildman–Crippen MR) is 108 cm³/mol. The van der Waals surface area contributed by atoms with E-state index in [2.05, 4.69) is 67.6 Å². The van der Waals surface area contributed by atoms with E-state index in [0.717, 1.165) is 0 Å². The highest BCUT2D eigenvalue weighted by atomic mass is 31.4. The number of rotatable bonds is 10. The van der Waals surface area contributed by atoms with Crippen LogP contribution in [0.15, 0.2) is 60.7 Å². The van der Waals surface area contributed by atoms with Gasteiger partial charge in [0.25, 0.3) is 0 Å². The molecule has 0 aromatic heterocycles. The molecular formula is C20H29O3PSi. The van der Waals surface area contributed by atoms with Crippen molar-refractivity contribution < 1.29 is 13.3 Å². The fourth-order valence-corrected chi connectivity index (χ4v) is 10.5. The highest BCUT2D eigenvalue weighted by Crippen LogP contribution is 2.52. The van der Waals surface area contributed by atoms with Crippen molar-refractivity contribution in [2.75, 3.05) is 19.8 Å². The summed E-state index contributed by atoms with van der Waals surface area (Å²) in [6.45, 7) is 10.1. The van der Waals surface area contributed by atoms with Gasteiger partial charge in [-0.15, -0.1) is 0 Å². The fourth-order valence-electron chi connectivity index (χ4n) is 2.96. The van der Waals surface area contributed by atoms with Crippen LogP contribution in [-0.4, -0.2) is 28.3 Å². The van der Waals surface area contributed by atoms with Gasteiger partial charge in [0.05, 0.1) is 0 Å². The van der Waals surface area contributed by atoms with Gasteiger partial charge in [-0.2, -0.15) is 0 Å². The molecule has 2 aromatic rings. The maximum absolute atomic E-state index is 6.16. The van der Waals surface area contributed by atoms with Gasteiger partial charge in [-0.25, -0.2) is 0 Å². The third kappa shape index (κ3) is 4.99. The summed E-state index contributed by atoms with van der Waals surface area (Å²) in [6.07, 6.45) is 0. The average Bonchev–Trinajstić information content (AvgIpc) is 2.64. The summed E-state index contributed by atoms with van der Waals surface area (Å²) in [5.41, 5.74) is 2.52. The largest absolute Gasteiger partial charge is 0.524 e. The summed E-state index contributed by atoms with van der Waals surface area (Å²) in [5, 5.41) is -0.214. The van der Waals surface area contributed by atoms with Crippen molar-refractivity contribution in [1.82, 2.24) is 0 Å².